The number of sulfonamides is 1. The van der Waals surface area contributed by atoms with Crippen LogP contribution in [0, 0.1) is 12.7 Å². The van der Waals surface area contributed by atoms with Crippen LogP contribution in [0.1, 0.15) is 16.7 Å². The maximum Gasteiger partial charge on any atom is 0.282 e. The molecule has 0 spiro atoms. The molecule has 3 rings (SSSR count). The highest BCUT2D eigenvalue weighted by Crippen LogP contribution is 2.17. The summed E-state index contributed by atoms with van der Waals surface area (Å²) < 4.78 is 43.1. The van der Waals surface area contributed by atoms with Crippen LogP contribution in [0.4, 0.5) is 10.1 Å². The lowest BCUT2D eigenvalue weighted by Crippen LogP contribution is -2.08. The second-order valence-electron chi connectivity index (χ2n) is 7.09. The summed E-state index contributed by atoms with van der Waals surface area (Å²) >= 11 is 0. The molecule has 0 amide bonds. The maximum absolute atomic E-state index is 13.4. The molecule has 3 aromatic carbocycles. The third-order valence-electron chi connectivity index (χ3n) is 4.52. The van der Waals surface area contributed by atoms with Crippen LogP contribution in [-0.4, -0.2) is 28.2 Å². The van der Waals surface area contributed by atoms with Gasteiger partial charge >= 0.3 is 0 Å². The Morgan fingerprint density at radius 1 is 0.900 bits per heavy atom. The topological polar surface area (TPSA) is 49.7 Å². The summed E-state index contributed by atoms with van der Waals surface area (Å²) in [4.78, 5) is 2.10. The zero-order chi connectivity index (χ0) is 21.7. The first-order chi connectivity index (χ1) is 14.2. The second-order valence-corrected chi connectivity index (χ2v) is 8.69. The zero-order valence-electron chi connectivity index (χ0n) is 17.1. The first-order valence-corrected chi connectivity index (χ1v) is 10.8. The maximum atomic E-state index is 13.4. The first-order valence-electron chi connectivity index (χ1n) is 9.38. The van der Waals surface area contributed by atoms with Gasteiger partial charge in [0.1, 0.15) is 5.82 Å². The van der Waals surface area contributed by atoms with Crippen molar-refractivity contribution in [1.29, 1.82) is 0 Å². The van der Waals surface area contributed by atoms with Gasteiger partial charge in [-0.05, 0) is 67.1 Å². The van der Waals surface area contributed by atoms with E-state index < -0.39 is 15.8 Å². The van der Waals surface area contributed by atoms with Crippen molar-refractivity contribution in [2.45, 2.75) is 11.8 Å². The normalized spacial score (nSPS) is 12.3. The van der Waals surface area contributed by atoms with Crippen molar-refractivity contribution in [3.63, 3.8) is 0 Å². The predicted molar refractivity (Wildman–Crippen MR) is 121 cm³/mol. The van der Waals surface area contributed by atoms with E-state index in [4.69, 9.17) is 0 Å². The number of benzene rings is 3. The molecular weight excluding hydrogens is 399 g/mol. The van der Waals surface area contributed by atoms with Gasteiger partial charge in [-0.15, -0.1) is 0 Å². The lowest BCUT2D eigenvalue weighted by Gasteiger charge is -2.11. The molecular formula is C24H23FN2O2S. The standard InChI is InChI=1S/C24H23FN2O2S/c1-18-4-15-23(16-5-18)30(28,29)26-24(20-9-11-21(25)12-10-20)17-8-19-6-13-22(14-7-19)27(2)3/h4-17H,1-3H3/b17-8+,26-24+. The van der Waals surface area contributed by atoms with E-state index in [-0.39, 0.29) is 10.6 Å². The zero-order valence-corrected chi connectivity index (χ0v) is 17.9. The third-order valence-corrected chi connectivity index (χ3v) is 5.83. The number of aryl methyl sites for hydroxylation is 1. The number of nitrogens with zero attached hydrogens (tertiary/aromatic N) is 2. The summed E-state index contributed by atoms with van der Waals surface area (Å²) in [6.07, 6.45) is 3.41. The van der Waals surface area contributed by atoms with E-state index in [1.807, 2.05) is 50.2 Å². The Labute approximate surface area is 177 Å². The molecule has 3 aromatic rings. The average molecular weight is 423 g/mol. The van der Waals surface area contributed by atoms with E-state index in [0.29, 0.717) is 5.56 Å². The predicted octanol–water partition coefficient (Wildman–Crippen LogP) is 5.09. The highest BCUT2D eigenvalue weighted by molar-refractivity contribution is 7.90. The van der Waals surface area contributed by atoms with Gasteiger partial charge in [-0.3, -0.25) is 0 Å². The lowest BCUT2D eigenvalue weighted by atomic mass is 10.1. The molecule has 0 aliphatic carbocycles. The molecule has 0 aromatic heterocycles. The van der Waals surface area contributed by atoms with Crippen molar-refractivity contribution in [3.05, 3.63) is 101 Å². The van der Waals surface area contributed by atoms with Crippen molar-refractivity contribution in [3.8, 4) is 0 Å². The number of allylic oxidation sites excluding steroid dienone is 1. The summed E-state index contributed by atoms with van der Waals surface area (Å²) in [6.45, 7) is 1.88. The van der Waals surface area contributed by atoms with Gasteiger partial charge in [0.2, 0.25) is 0 Å². The second kappa shape index (κ2) is 9.05. The monoisotopic (exact) mass is 422 g/mol. The molecule has 0 radical (unpaired) electrons. The Morgan fingerprint density at radius 2 is 1.50 bits per heavy atom. The summed E-state index contributed by atoms with van der Waals surface area (Å²) in [6, 6.07) is 19.9. The Bertz CT molecular complexity index is 1160. The fourth-order valence-electron chi connectivity index (χ4n) is 2.75. The minimum absolute atomic E-state index is 0.108. The van der Waals surface area contributed by atoms with Gasteiger partial charge < -0.3 is 4.90 Å². The van der Waals surface area contributed by atoms with Crippen LogP contribution in [0.15, 0.2) is 88.2 Å². The Hall–Kier alpha value is -3.25. The summed E-state index contributed by atoms with van der Waals surface area (Å²) in [5.41, 5.74) is 3.64. The number of halogens is 1. The molecule has 0 atom stereocenters. The van der Waals surface area contributed by atoms with E-state index in [0.717, 1.165) is 16.8 Å². The van der Waals surface area contributed by atoms with Crippen LogP contribution < -0.4 is 4.90 Å². The quantitative estimate of drug-likeness (QED) is 0.520. The van der Waals surface area contributed by atoms with Crippen molar-refractivity contribution in [1.82, 2.24) is 0 Å². The van der Waals surface area contributed by atoms with Crippen LogP contribution in [0.25, 0.3) is 6.08 Å². The Kier molecular flexibility index (Phi) is 6.47. The van der Waals surface area contributed by atoms with E-state index in [1.54, 1.807) is 24.3 Å². The van der Waals surface area contributed by atoms with Gasteiger partial charge in [-0.2, -0.15) is 12.8 Å². The molecule has 154 valence electrons. The van der Waals surface area contributed by atoms with Gasteiger partial charge in [0.15, 0.2) is 0 Å². The van der Waals surface area contributed by atoms with Crippen LogP contribution >= 0.6 is 0 Å². The minimum atomic E-state index is -3.92. The summed E-state index contributed by atoms with van der Waals surface area (Å²) in [5, 5.41) is 0. The van der Waals surface area contributed by atoms with Gasteiger partial charge in [0, 0.05) is 25.3 Å². The fourth-order valence-corrected chi connectivity index (χ4v) is 3.76. The van der Waals surface area contributed by atoms with Crippen molar-refractivity contribution >= 4 is 27.5 Å². The number of hydrogen-bond donors (Lipinski definition) is 0. The SMILES string of the molecule is Cc1ccc(S(=O)(=O)/N=C(\C=C\c2ccc(N(C)C)cc2)c2ccc(F)cc2)cc1. The van der Waals surface area contributed by atoms with E-state index in [9.17, 15) is 12.8 Å². The van der Waals surface area contributed by atoms with Crippen LogP contribution in [0.5, 0.6) is 0 Å². The molecule has 0 fully saturated rings. The molecule has 0 N–H and O–H groups in total. The minimum Gasteiger partial charge on any atom is -0.378 e. The lowest BCUT2D eigenvalue weighted by molar-refractivity contribution is 0.598. The van der Waals surface area contributed by atoms with E-state index >= 15 is 0 Å². The van der Waals surface area contributed by atoms with E-state index in [2.05, 4.69) is 4.40 Å². The van der Waals surface area contributed by atoms with Gasteiger partial charge in [0.05, 0.1) is 10.6 Å². The largest absolute Gasteiger partial charge is 0.378 e. The Balaban J connectivity index is 2.01. The van der Waals surface area contributed by atoms with Crippen molar-refractivity contribution in [2.75, 3.05) is 19.0 Å². The molecule has 6 heteroatoms. The number of hydrogen-bond acceptors (Lipinski definition) is 3. The number of rotatable bonds is 6. The molecule has 0 saturated heterocycles. The first kappa shape index (κ1) is 21.5. The number of anilines is 1. The average Bonchev–Trinajstić information content (AvgIpc) is 2.72. The van der Waals surface area contributed by atoms with Gasteiger partial charge in [0.25, 0.3) is 10.0 Å². The molecule has 4 nitrogen and oxygen atoms in total. The van der Waals surface area contributed by atoms with E-state index in [1.165, 1.54) is 36.4 Å². The molecule has 0 saturated carbocycles. The summed E-state index contributed by atoms with van der Waals surface area (Å²) in [5.74, 6) is -0.400. The smallest absolute Gasteiger partial charge is 0.282 e. The molecule has 0 heterocycles. The molecule has 0 bridgehead atoms. The van der Waals surface area contributed by atoms with Gasteiger partial charge in [-0.25, -0.2) is 4.39 Å². The Morgan fingerprint density at radius 3 is 2.07 bits per heavy atom. The molecule has 0 aliphatic rings. The fraction of sp³-hybridized carbons (Fsp3) is 0.125. The molecule has 30 heavy (non-hydrogen) atoms. The van der Waals surface area contributed by atoms with Crippen molar-refractivity contribution < 1.29 is 12.8 Å². The molecule has 0 unspecified atom stereocenters. The van der Waals surface area contributed by atoms with Crippen LogP contribution in [-0.2, 0) is 10.0 Å². The van der Waals surface area contributed by atoms with Crippen LogP contribution in [0.2, 0.25) is 0 Å². The highest BCUT2D eigenvalue weighted by Gasteiger charge is 2.14. The van der Waals surface area contributed by atoms with Gasteiger partial charge in [-0.1, -0.05) is 35.9 Å². The third kappa shape index (κ3) is 5.42. The highest BCUT2D eigenvalue weighted by atomic mass is 32.2. The van der Waals surface area contributed by atoms with Crippen LogP contribution in [0.3, 0.4) is 0 Å². The van der Waals surface area contributed by atoms with Crippen molar-refractivity contribution in [2.24, 2.45) is 4.40 Å². The summed E-state index contributed by atoms with van der Waals surface area (Å²) in [7, 11) is -0.00375. The molecule has 0 aliphatic heterocycles.